The van der Waals surface area contributed by atoms with Gasteiger partial charge < -0.3 is 5.11 Å². The van der Waals surface area contributed by atoms with Crippen LogP contribution in [-0.2, 0) is 0 Å². The first-order valence-corrected chi connectivity index (χ1v) is 3.37. The van der Waals surface area contributed by atoms with E-state index in [1.807, 2.05) is 0 Å². The van der Waals surface area contributed by atoms with Crippen molar-refractivity contribution in [3.63, 3.8) is 0 Å². The van der Waals surface area contributed by atoms with Crippen LogP contribution in [0.1, 0.15) is 6.92 Å². The van der Waals surface area contributed by atoms with Crippen LogP contribution in [0.4, 0.5) is 4.79 Å². The van der Waals surface area contributed by atoms with Gasteiger partial charge in [-0.25, -0.2) is 9.10 Å². The highest BCUT2D eigenvalue weighted by molar-refractivity contribution is 8.21. The summed E-state index contributed by atoms with van der Waals surface area (Å²) in [5, 5.41) is 8.28. The lowest BCUT2D eigenvalue weighted by atomic mass is 11.0. The Morgan fingerprint density at radius 2 is 2.22 bits per heavy atom. The average Bonchev–Trinajstić information content (AvgIpc) is 1.63. The van der Waals surface area contributed by atoms with Gasteiger partial charge in [-0.2, -0.15) is 0 Å². The molecule has 1 amide bonds. The number of hydrogen-bond donors (Lipinski definition) is 1. The Hall–Kier alpha value is -0.290. The van der Waals surface area contributed by atoms with Crippen LogP contribution in [0.15, 0.2) is 0 Å². The Kier molecular flexibility index (Phi) is 3.56. The Labute approximate surface area is 63.2 Å². The van der Waals surface area contributed by atoms with Crippen molar-refractivity contribution >= 4 is 34.5 Å². The van der Waals surface area contributed by atoms with E-state index in [9.17, 15) is 4.79 Å². The molecule has 0 bridgehead atoms. The van der Waals surface area contributed by atoms with Gasteiger partial charge in [0, 0.05) is 7.05 Å². The number of thiocarbonyl (C=S) groups is 1. The second kappa shape index (κ2) is 3.68. The minimum atomic E-state index is -0.982. The molecule has 0 aromatic carbocycles. The number of carbonyl (C=O) groups is 1. The van der Waals surface area contributed by atoms with Gasteiger partial charge in [0.1, 0.15) is 0 Å². The molecule has 0 aliphatic rings. The van der Waals surface area contributed by atoms with Gasteiger partial charge in [-0.05, 0) is 18.9 Å². The predicted octanol–water partition coefficient (Wildman–Crippen LogP) is 1.59. The zero-order chi connectivity index (χ0) is 7.44. The molecule has 0 aromatic rings. The third-order valence-electron chi connectivity index (χ3n) is 0.535. The molecule has 1 N–H and O–H groups in total. The molecule has 0 atom stereocenters. The van der Waals surface area contributed by atoms with Crippen molar-refractivity contribution in [1.29, 1.82) is 0 Å². The third kappa shape index (κ3) is 4.23. The predicted molar refractivity (Wildman–Crippen MR) is 41.7 cm³/mol. The van der Waals surface area contributed by atoms with Gasteiger partial charge in [0.2, 0.25) is 0 Å². The second-order valence-electron chi connectivity index (χ2n) is 1.36. The number of hydrogen-bond acceptors (Lipinski definition) is 3. The topological polar surface area (TPSA) is 40.5 Å². The molecule has 5 heteroatoms. The molecule has 0 heterocycles. The van der Waals surface area contributed by atoms with Crippen LogP contribution in [0.3, 0.4) is 0 Å². The van der Waals surface area contributed by atoms with Crippen LogP contribution in [0, 0.1) is 0 Å². The number of nitrogens with zero attached hydrogens (tertiary/aromatic N) is 1. The Balaban J connectivity index is 3.63. The molecule has 0 saturated carbocycles. The van der Waals surface area contributed by atoms with Crippen molar-refractivity contribution in [2.24, 2.45) is 0 Å². The van der Waals surface area contributed by atoms with Gasteiger partial charge in [0.25, 0.3) is 0 Å². The minimum absolute atomic E-state index is 0.597. The van der Waals surface area contributed by atoms with E-state index in [0.29, 0.717) is 4.20 Å². The summed E-state index contributed by atoms with van der Waals surface area (Å²) in [6.45, 7) is 1.68. The zero-order valence-electron chi connectivity index (χ0n) is 5.12. The quantitative estimate of drug-likeness (QED) is 0.437. The molecule has 0 saturated heterocycles. The van der Waals surface area contributed by atoms with Gasteiger partial charge in [-0.1, -0.05) is 12.2 Å². The summed E-state index contributed by atoms with van der Waals surface area (Å²) in [6.07, 6.45) is -0.982. The fourth-order valence-electron chi connectivity index (χ4n) is 0.232. The smallest absolute Gasteiger partial charge is 0.417 e. The monoisotopic (exact) mass is 165 g/mol. The molecule has 0 rings (SSSR count). The minimum Gasteiger partial charge on any atom is -0.464 e. The van der Waals surface area contributed by atoms with Gasteiger partial charge in [0.15, 0.2) is 0 Å². The molecule has 9 heavy (non-hydrogen) atoms. The summed E-state index contributed by atoms with van der Waals surface area (Å²) in [7, 11) is 1.45. The molecule has 0 aromatic heterocycles. The van der Waals surface area contributed by atoms with E-state index in [1.54, 1.807) is 6.92 Å². The molecular weight excluding hydrogens is 158 g/mol. The van der Waals surface area contributed by atoms with E-state index in [1.165, 1.54) is 7.05 Å². The Morgan fingerprint density at radius 1 is 1.78 bits per heavy atom. The fraction of sp³-hybridized carbons (Fsp3) is 0.500. The summed E-state index contributed by atoms with van der Waals surface area (Å²) in [5.74, 6) is 0. The van der Waals surface area contributed by atoms with Crippen molar-refractivity contribution in [2.75, 3.05) is 7.05 Å². The lowest BCUT2D eigenvalue weighted by Gasteiger charge is -2.08. The molecule has 3 nitrogen and oxygen atoms in total. The first-order chi connectivity index (χ1) is 4.04. The number of carboxylic acid groups (broad SMARTS) is 1. The fourth-order valence-corrected chi connectivity index (χ4v) is 1.03. The Bertz CT molecular complexity index is 137. The van der Waals surface area contributed by atoms with Crippen LogP contribution >= 0.6 is 24.2 Å². The van der Waals surface area contributed by atoms with Crippen LogP contribution < -0.4 is 0 Å². The van der Waals surface area contributed by atoms with Crippen LogP contribution in [0.25, 0.3) is 0 Å². The molecule has 0 spiro atoms. The highest BCUT2D eigenvalue weighted by Crippen LogP contribution is 2.08. The maximum Gasteiger partial charge on any atom is 0.417 e. The first kappa shape index (κ1) is 8.71. The van der Waals surface area contributed by atoms with E-state index < -0.39 is 6.09 Å². The largest absolute Gasteiger partial charge is 0.464 e. The Morgan fingerprint density at radius 3 is 2.33 bits per heavy atom. The lowest BCUT2D eigenvalue weighted by Crippen LogP contribution is -2.17. The summed E-state index contributed by atoms with van der Waals surface area (Å²) >= 11 is 5.68. The first-order valence-electron chi connectivity index (χ1n) is 2.19. The van der Waals surface area contributed by atoms with Crippen molar-refractivity contribution in [2.45, 2.75) is 6.92 Å². The van der Waals surface area contributed by atoms with Gasteiger partial charge in [-0.3, -0.25) is 0 Å². The zero-order valence-corrected chi connectivity index (χ0v) is 6.75. The van der Waals surface area contributed by atoms with Crippen LogP contribution in [0.2, 0.25) is 0 Å². The standard InChI is InChI=1S/C4H7NO2S2/c1-3(8)9-5(2)4(6)7/h1-2H3,(H,6,7). The van der Waals surface area contributed by atoms with Crippen LogP contribution in [-0.4, -0.2) is 26.7 Å². The lowest BCUT2D eigenvalue weighted by molar-refractivity contribution is 0.181. The normalized spacial score (nSPS) is 8.67. The van der Waals surface area contributed by atoms with Crippen molar-refractivity contribution in [3.8, 4) is 0 Å². The summed E-state index contributed by atoms with van der Waals surface area (Å²) in [6, 6.07) is 0. The van der Waals surface area contributed by atoms with E-state index in [2.05, 4.69) is 12.2 Å². The molecular formula is C4H7NO2S2. The van der Waals surface area contributed by atoms with Gasteiger partial charge in [0.05, 0.1) is 4.20 Å². The van der Waals surface area contributed by atoms with E-state index in [-0.39, 0.29) is 0 Å². The molecule has 0 radical (unpaired) electrons. The number of amides is 1. The molecule has 0 unspecified atom stereocenters. The van der Waals surface area contributed by atoms with Gasteiger partial charge in [-0.15, -0.1) is 0 Å². The maximum atomic E-state index is 10.1. The molecule has 0 aliphatic carbocycles. The van der Waals surface area contributed by atoms with Crippen molar-refractivity contribution in [3.05, 3.63) is 0 Å². The highest BCUT2D eigenvalue weighted by atomic mass is 32.2. The summed E-state index contributed by atoms with van der Waals surface area (Å²) in [5.41, 5.74) is 0. The van der Waals surface area contributed by atoms with Crippen LogP contribution in [0.5, 0.6) is 0 Å². The van der Waals surface area contributed by atoms with E-state index >= 15 is 0 Å². The summed E-state index contributed by atoms with van der Waals surface area (Å²) in [4.78, 5) is 10.1. The van der Waals surface area contributed by atoms with Crippen molar-refractivity contribution in [1.82, 2.24) is 4.31 Å². The molecule has 52 valence electrons. The maximum absolute atomic E-state index is 10.1. The average molecular weight is 165 g/mol. The number of rotatable bonds is 0. The van der Waals surface area contributed by atoms with Gasteiger partial charge >= 0.3 is 6.09 Å². The third-order valence-corrected chi connectivity index (χ3v) is 1.45. The second-order valence-corrected chi connectivity index (χ2v) is 3.58. The van der Waals surface area contributed by atoms with E-state index in [0.717, 1.165) is 16.3 Å². The molecule has 0 aliphatic heterocycles. The summed E-state index contributed by atoms with van der Waals surface area (Å²) < 4.78 is 1.66. The molecule has 0 fully saturated rings. The SMILES string of the molecule is CC(=S)SN(C)C(=O)O. The van der Waals surface area contributed by atoms with E-state index in [4.69, 9.17) is 5.11 Å². The highest BCUT2D eigenvalue weighted by Gasteiger charge is 2.05. The van der Waals surface area contributed by atoms with Crippen molar-refractivity contribution < 1.29 is 9.90 Å².